The van der Waals surface area contributed by atoms with Crippen LogP contribution < -0.4 is 0 Å². The molecule has 0 aromatic heterocycles. The minimum Gasteiger partial charge on any atom is -0.480 e. The number of hydrogen-bond donors (Lipinski definition) is 7. The van der Waals surface area contributed by atoms with Gasteiger partial charge in [0.2, 0.25) is 0 Å². The first-order valence-corrected chi connectivity index (χ1v) is 8.40. The molecular weight excluding hydrogens is 430 g/mol. The standard InChI is InChI=1S/C14H23N3O10.CH2O3/c18-10(19)5-15(1-3-16(6-11(20)21)7-12(22)23)2-4-17(8-13(24)25)9-14(26)27;2-1(3)4/h1-9H2,(H,18,19)(H,20,21)(H,22,23)(H,24,25)(H,26,27);(H2,2,3,4). The third-order valence-electron chi connectivity index (χ3n) is 3.26. The molecule has 0 bridgehead atoms. The van der Waals surface area contributed by atoms with Crippen LogP contribution in [0.4, 0.5) is 4.79 Å². The second kappa shape index (κ2) is 16.3. The van der Waals surface area contributed by atoms with Gasteiger partial charge in [-0.3, -0.25) is 38.7 Å². The Bertz CT molecular complexity index is 564. The molecule has 0 aliphatic carbocycles. The highest BCUT2D eigenvalue weighted by Gasteiger charge is 2.19. The summed E-state index contributed by atoms with van der Waals surface area (Å²) in [6.45, 7) is -2.74. The molecule has 0 radical (unpaired) electrons. The Morgan fingerprint density at radius 3 is 0.742 bits per heavy atom. The molecule has 0 aliphatic rings. The van der Waals surface area contributed by atoms with Crippen LogP contribution in [-0.4, -0.2) is 145 Å². The average Bonchev–Trinajstić information content (AvgIpc) is 2.53. The molecule has 0 saturated carbocycles. The monoisotopic (exact) mass is 455 g/mol. The van der Waals surface area contributed by atoms with Gasteiger partial charge in [0.25, 0.3) is 0 Å². The predicted molar refractivity (Wildman–Crippen MR) is 98.2 cm³/mol. The number of hydrogen-bond acceptors (Lipinski definition) is 9. The van der Waals surface area contributed by atoms with Crippen LogP contribution in [0.15, 0.2) is 0 Å². The molecule has 0 spiro atoms. The van der Waals surface area contributed by atoms with Crippen LogP contribution in [0.2, 0.25) is 0 Å². The summed E-state index contributed by atoms with van der Waals surface area (Å²) >= 11 is 0. The Morgan fingerprint density at radius 2 is 0.548 bits per heavy atom. The van der Waals surface area contributed by atoms with Gasteiger partial charge in [0.1, 0.15) is 0 Å². The van der Waals surface area contributed by atoms with Crippen LogP contribution in [0.1, 0.15) is 0 Å². The van der Waals surface area contributed by atoms with Gasteiger partial charge in [-0.15, -0.1) is 0 Å². The molecule has 0 heterocycles. The fraction of sp³-hybridized carbons (Fsp3) is 0.600. The molecule has 31 heavy (non-hydrogen) atoms. The van der Waals surface area contributed by atoms with Crippen LogP contribution >= 0.6 is 0 Å². The highest BCUT2D eigenvalue weighted by atomic mass is 16.6. The van der Waals surface area contributed by atoms with Crippen molar-refractivity contribution in [1.29, 1.82) is 0 Å². The molecule has 16 nitrogen and oxygen atoms in total. The fourth-order valence-corrected chi connectivity index (χ4v) is 2.22. The van der Waals surface area contributed by atoms with Gasteiger partial charge in [0, 0.05) is 26.2 Å². The molecule has 0 unspecified atom stereocenters. The second-order valence-corrected chi connectivity index (χ2v) is 5.95. The first kappa shape index (κ1) is 29.7. The second-order valence-electron chi connectivity index (χ2n) is 5.95. The number of aliphatic carboxylic acids is 5. The van der Waals surface area contributed by atoms with Crippen molar-refractivity contribution >= 4 is 36.0 Å². The van der Waals surface area contributed by atoms with Gasteiger partial charge in [0.05, 0.1) is 32.7 Å². The number of nitrogens with zero attached hydrogens (tertiary/aromatic N) is 3. The topological polar surface area (TPSA) is 254 Å². The number of carboxylic acids is 5. The molecule has 0 aliphatic heterocycles. The quantitative estimate of drug-likeness (QED) is 0.127. The maximum atomic E-state index is 11.0. The van der Waals surface area contributed by atoms with Crippen LogP contribution in [0.25, 0.3) is 0 Å². The fourth-order valence-electron chi connectivity index (χ4n) is 2.22. The van der Waals surface area contributed by atoms with Crippen LogP contribution in [0.3, 0.4) is 0 Å². The molecule has 0 aromatic rings. The molecule has 0 amide bonds. The van der Waals surface area contributed by atoms with E-state index in [4.69, 9.17) is 40.5 Å². The Hall–Kier alpha value is -3.50. The van der Waals surface area contributed by atoms with E-state index < -0.39 is 68.7 Å². The van der Waals surface area contributed by atoms with Crippen molar-refractivity contribution in [3.63, 3.8) is 0 Å². The minimum atomic E-state index is -1.83. The van der Waals surface area contributed by atoms with E-state index in [0.29, 0.717) is 0 Å². The number of rotatable bonds is 16. The maximum Gasteiger partial charge on any atom is 0.503 e. The first-order valence-electron chi connectivity index (χ1n) is 8.40. The van der Waals surface area contributed by atoms with E-state index in [1.165, 1.54) is 4.90 Å². The van der Waals surface area contributed by atoms with Crippen molar-refractivity contribution < 1.29 is 64.5 Å². The van der Waals surface area contributed by atoms with Gasteiger partial charge < -0.3 is 35.7 Å². The van der Waals surface area contributed by atoms with Crippen LogP contribution in [0.5, 0.6) is 0 Å². The van der Waals surface area contributed by atoms with Crippen molar-refractivity contribution in [2.45, 2.75) is 0 Å². The Morgan fingerprint density at radius 1 is 0.387 bits per heavy atom. The van der Waals surface area contributed by atoms with Gasteiger partial charge >= 0.3 is 36.0 Å². The van der Waals surface area contributed by atoms with E-state index in [1.54, 1.807) is 0 Å². The largest absolute Gasteiger partial charge is 0.503 e. The first-order chi connectivity index (χ1) is 14.2. The van der Waals surface area contributed by atoms with Crippen molar-refractivity contribution in [1.82, 2.24) is 14.7 Å². The van der Waals surface area contributed by atoms with E-state index in [0.717, 1.165) is 9.80 Å². The zero-order valence-electron chi connectivity index (χ0n) is 16.3. The molecule has 7 N–H and O–H groups in total. The summed E-state index contributed by atoms with van der Waals surface area (Å²) in [5.41, 5.74) is 0. The lowest BCUT2D eigenvalue weighted by Gasteiger charge is -2.27. The summed E-state index contributed by atoms with van der Waals surface area (Å²) in [5, 5.41) is 58.1. The molecule has 0 aromatic carbocycles. The average molecular weight is 455 g/mol. The zero-order chi connectivity index (χ0) is 24.6. The summed E-state index contributed by atoms with van der Waals surface area (Å²) in [6.07, 6.45) is -1.83. The summed E-state index contributed by atoms with van der Waals surface area (Å²) in [7, 11) is 0. The molecule has 0 atom stereocenters. The highest BCUT2D eigenvalue weighted by Crippen LogP contribution is 1.97. The molecule has 178 valence electrons. The van der Waals surface area contributed by atoms with Crippen molar-refractivity contribution in [3.8, 4) is 0 Å². The Kier molecular flexibility index (Phi) is 15.6. The van der Waals surface area contributed by atoms with Gasteiger partial charge in [-0.25, -0.2) is 4.79 Å². The lowest BCUT2D eigenvalue weighted by Crippen LogP contribution is -2.45. The molecule has 0 rings (SSSR count). The lowest BCUT2D eigenvalue weighted by atomic mass is 10.3. The molecule has 16 heteroatoms. The summed E-state index contributed by atoms with van der Waals surface area (Å²) in [5.74, 6) is -6.16. The molecular formula is C15H25N3O13. The van der Waals surface area contributed by atoms with Gasteiger partial charge in [-0.2, -0.15) is 0 Å². The predicted octanol–water partition coefficient (Wildman–Crippen LogP) is -2.46. The van der Waals surface area contributed by atoms with Crippen LogP contribution in [-0.2, 0) is 24.0 Å². The third kappa shape index (κ3) is 22.7. The summed E-state index contributed by atoms with van der Waals surface area (Å²) in [6, 6.07) is 0. The van der Waals surface area contributed by atoms with Crippen molar-refractivity contribution in [3.05, 3.63) is 0 Å². The van der Waals surface area contributed by atoms with E-state index in [1.807, 2.05) is 0 Å². The van der Waals surface area contributed by atoms with E-state index in [9.17, 15) is 24.0 Å². The minimum absolute atomic E-state index is 0.000836. The Labute approximate surface area is 175 Å². The van der Waals surface area contributed by atoms with Crippen LogP contribution in [0, 0.1) is 0 Å². The van der Waals surface area contributed by atoms with E-state index >= 15 is 0 Å². The van der Waals surface area contributed by atoms with E-state index in [-0.39, 0.29) is 26.2 Å². The molecule has 0 fully saturated rings. The van der Waals surface area contributed by atoms with Crippen molar-refractivity contribution in [2.24, 2.45) is 0 Å². The van der Waals surface area contributed by atoms with Gasteiger partial charge in [-0.05, 0) is 0 Å². The maximum absolute atomic E-state index is 11.0. The zero-order valence-corrected chi connectivity index (χ0v) is 16.3. The normalized spacial score (nSPS) is 10.4. The smallest absolute Gasteiger partial charge is 0.480 e. The lowest BCUT2D eigenvalue weighted by molar-refractivity contribution is -0.143. The summed E-state index contributed by atoms with van der Waals surface area (Å²) < 4.78 is 0. The number of carboxylic acid groups (broad SMARTS) is 7. The van der Waals surface area contributed by atoms with Crippen molar-refractivity contribution in [2.75, 3.05) is 58.9 Å². The highest BCUT2D eigenvalue weighted by molar-refractivity contribution is 5.73. The van der Waals surface area contributed by atoms with E-state index in [2.05, 4.69) is 0 Å². The Balaban J connectivity index is 0. The molecule has 0 saturated heterocycles. The van der Waals surface area contributed by atoms with Gasteiger partial charge in [0.15, 0.2) is 0 Å². The van der Waals surface area contributed by atoms with Gasteiger partial charge in [-0.1, -0.05) is 0 Å². The summed E-state index contributed by atoms with van der Waals surface area (Å²) in [4.78, 5) is 66.2. The third-order valence-corrected chi connectivity index (χ3v) is 3.26. The SMILES string of the molecule is O=C(O)CN(CCN(CC(=O)O)CC(=O)O)CCN(CC(=O)O)CC(=O)O.O=C(O)O. The number of carbonyl (C=O) groups is 6.